The van der Waals surface area contributed by atoms with Gasteiger partial charge in [-0.25, -0.2) is 4.98 Å². The van der Waals surface area contributed by atoms with Gasteiger partial charge in [0.1, 0.15) is 66.5 Å². The molecule has 0 saturated carbocycles. The van der Waals surface area contributed by atoms with Crippen molar-refractivity contribution >= 4 is 138 Å². The number of fused-ring (bicyclic) bond motifs is 1. The van der Waals surface area contributed by atoms with Crippen molar-refractivity contribution in [2.45, 2.75) is 137 Å². The molecule has 100 heavy (non-hydrogen) atoms. The lowest BCUT2D eigenvalue weighted by atomic mass is 10.0. The first kappa shape index (κ1) is 84.7. The number of hydrogen-bond acceptors (Lipinski definition) is 24. The summed E-state index contributed by atoms with van der Waals surface area (Å²) in [5, 5.41) is 67.2. The summed E-state index contributed by atoms with van der Waals surface area (Å²) in [5.74, 6) is -16.0. The molecule has 2 heterocycles. The minimum atomic E-state index is -2.05. The van der Waals surface area contributed by atoms with Gasteiger partial charge in [-0.15, -0.1) is 0 Å². The first-order valence-electron chi connectivity index (χ1n) is 31.1. The van der Waals surface area contributed by atoms with Crippen LogP contribution in [0.4, 0.5) is 0 Å². The number of nitrogens with two attached hydrogens (primary N) is 7. The number of aliphatic hydroxyl groups is 3. The Morgan fingerprint density at radius 1 is 0.470 bits per heavy atom. The number of carboxylic acid groups (broad SMARTS) is 1. The molecule has 0 spiro atoms. The van der Waals surface area contributed by atoms with E-state index in [0.29, 0.717) is 22.9 Å². The number of aromatic nitrogens is 3. The number of benzene rings is 1. The molecular weight excluding hydrogens is 1370 g/mol. The summed E-state index contributed by atoms with van der Waals surface area (Å²) in [6.45, 7) is -3.10. The third-order valence-electron chi connectivity index (χ3n) is 14.7. The van der Waals surface area contributed by atoms with Gasteiger partial charge >= 0.3 is 5.97 Å². The zero-order valence-corrected chi connectivity index (χ0v) is 56.9. The van der Waals surface area contributed by atoms with Gasteiger partial charge in [0, 0.05) is 72.2 Å². The van der Waals surface area contributed by atoms with Crippen LogP contribution in [0, 0.1) is 0 Å². The quantitative estimate of drug-likeness (QED) is 0.0108. The van der Waals surface area contributed by atoms with Crippen molar-refractivity contribution in [3.8, 4) is 0 Å². The highest BCUT2D eigenvalue weighted by atomic mass is 32.1. The monoisotopic (exact) mass is 1470 g/mol. The van der Waals surface area contributed by atoms with E-state index in [1.807, 2.05) is 0 Å². The average Bonchev–Trinajstić information content (AvgIpc) is 1.64. The number of rotatable bonds is 47. The molecule has 0 saturated heterocycles. The summed E-state index contributed by atoms with van der Waals surface area (Å²) < 4.78 is 0. The predicted molar refractivity (Wildman–Crippen MR) is 370 cm³/mol. The number of aliphatic imine (C=N–C) groups is 2. The Hall–Kier alpha value is -9.53. The molecule has 554 valence electrons. The van der Waals surface area contributed by atoms with Gasteiger partial charge in [-0.3, -0.25) is 72.3 Å². The van der Waals surface area contributed by atoms with E-state index in [-0.39, 0.29) is 93.7 Å². The maximum atomic E-state index is 14.7. The van der Waals surface area contributed by atoms with E-state index in [4.69, 9.17) is 40.1 Å². The fraction of sp³-hybridized carbons (Fsp3) is 0.544. The summed E-state index contributed by atoms with van der Waals surface area (Å²) in [7, 11) is 0. The molecule has 12 atom stereocenters. The van der Waals surface area contributed by atoms with Gasteiger partial charge in [0.05, 0.1) is 38.6 Å². The zero-order valence-electron chi connectivity index (χ0n) is 54.2. The smallest absolute Gasteiger partial charge is 0.305 e. The molecule has 31 N–H and O–H groups in total. The van der Waals surface area contributed by atoms with E-state index in [1.165, 1.54) is 12.5 Å². The number of thiol groups is 3. The minimum absolute atomic E-state index is 0.0138. The predicted octanol–water partition coefficient (Wildman–Crippen LogP) is -10.7. The van der Waals surface area contributed by atoms with Crippen LogP contribution >= 0.6 is 37.9 Å². The first-order chi connectivity index (χ1) is 47.5. The zero-order chi connectivity index (χ0) is 74.6. The number of nitrogens with zero attached hydrogens (tertiary/aromatic N) is 3. The second-order valence-corrected chi connectivity index (χ2v) is 23.5. The molecule has 0 aliphatic carbocycles. The van der Waals surface area contributed by atoms with E-state index >= 15 is 0 Å². The van der Waals surface area contributed by atoms with Crippen molar-refractivity contribution in [1.82, 2.24) is 73.4 Å². The number of guanidine groups is 2. The number of carbonyl (C=O) groups is 13. The Morgan fingerprint density at radius 2 is 0.860 bits per heavy atom. The molecule has 0 aliphatic heterocycles. The van der Waals surface area contributed by atoms with Crippen LogP contribution in [-0.2, 0) is 75.2 Å². The largest absolute Gasteiger partial charge is 0.481 e. The molecule has 40 nitrogen and oxygen atoms in total. The van der Waals surface area contributed by atoms with Crippen LogP contribution < -0.4 is 98.6 Å². The van der Waals surface area contributed by atoms with Crippen molar-refractivity contribution < 1.29 is 82.8 Å². The second kappa shape index (κ2) is 44.5. The van der Waals surface area contributed by atoms with Crippen molar-refractivity contribution in [2.75, 3.05) is 56.7 Å². The molecule has 3 aromatic rings. The van der Waals surface area contributed by atoms with Crippen molar-refractivity contribution in [3.63, 3.8) is 0 Å². The van der Waals surface area contributed by atoms with Gasteiger partial charge in [-0.05, 0) is 63.1 Å². The van der Waals surface area contributed by atoms with E-state index in [1.54, 1.807) is 30.5 Å². The van der Waals surface area contributed by atoms with Crippen LogP contribution in [0.2, 0.25) is 0 Å². The number of H-pyrrole nitrogens is 2. The highest BCUT2D eigenvalue weighted by Gasteiger charge is 2.37. The highest BCUT2D eigenvalue weighted by Crippen LogP contribution is 2.20. The summed E-state index contributed by atoms with van der Waals surface area (Å²) in [6, 6.07) is -12.5. The topological polar surface area (TPSA) is 686 Å². The molecule has 43 heteroatoms. The van der Waals surface area contributed by atoms with Crippen LogP contribution in [0.3, 0.4) is 0 Å². The standard InChI is InChI=1S/C57H91N23O17S3/c58-12-4-3-9-32(70-53(95)40(22-83)78-54(96)38(20-81)76-45(87)30(59)23-98)46(88)73-35(15-27-18-68-31-8-2-1-7-29(27)31)49(91)80-42(25-100)55(97)72-33(10-5-13-66-56(61)62)47(89)75-37(17-43(84)85)51(93)74-36(16-28-19-65-26-69-28)50(92)77-39(21-82)52(94)71-34(11-6-14-67-57(63)64)48(90)79-41(24-99)44(60)86/h1-2,7-8,18-19,26,30,32-42,68,81-83,98-100H,3-6,9-17,20-25,58-59H2,(H2,60,86)(H,65,69)(H,70,95)(H,71,94)(H,72,97)(H,73,88)(H,74,93)(H,75,89)(H,76,87)(H,77,92)(H,78,96)(H,79,90)(H,80,91)(H,84,85)(H4,61,62,66)(H4,63,64,67)/t30-,32-,33-,34-,35-,36-,37-,38-,39-,40-,41-,42-/m0/s1. The van der Waals surface area contributed by atoms with E-state index in [0.717, 1.165) is 0 Å². The average molecular weight is 1470 g/mol. The number of carboxylic acids is 1. The molecule has 1 aromatic carbocycles. The fourth-order valence-corrected chi connectivity index (χ4v) is 10.0. The van der Waals surface area contributed by atoms with E-state index in [9.17, 15) is 82.8 Å². The molecule has 0 unspecified atom stereocenters. The third kappa shape index (κ3) is 29.1. The Balaban J connectivity index is 1.97. The molecule has 0 aliphatic rings. The Morgan fingerprint density at radius 3 is 1.29 bits per heavy atom. The normalized spacial score (nSPS) is 14.6. The van der Waals surface area contributed by atoms with Crippen LogP contribution in [0.5, 0.6) is 0 Å². The molecule has 0 radical (unpaired) electrons. The number of para-hydroxylation sites is 1. The summed E-state index contributed by atoms with van der Waals surface area (Å²) >= 11 is 12.3. The maximum absolute atomic E-state index is 14.7. The van der Waals surface area contributed by atoms with Crippen LogP contribution in [0.1, 0.15) is 62.6 Å². The number of primary amides is 1. The van der Waals surface area contributed by atoms with Crippen LogP contribution in [-0.4, -0.2) is 253 Å². The number of nitrogens with one attached hydrogen (secondary N) is 13. The van der Waals surface area contributed by atoms with Crippen molar-refractivity contribution in [2.24, 2.45) is 50.1 Å². The van der Waals surface area contributed by atoms with Crippen LogP contribution in [0.25, 0.3) is 10.9 Å². The molecular formula is C57H91N23O17S3. The number of amides is 12. The number of aliphatic hydroxyl groups excluding tert-OH is 3. The van der Waals surface area contributed by atoms with E-state index < -0.39 is 188 Å². The third-order valence-corrected chi connectivity index (χ3v) is 15.9. The Bertz CT molecular complexity index is 3300. The first-order valence-corrected chi connectivity index (χ1v) is 33.0. The minimum Gasteiger partial charge on any atom is -0.481 e. The van der Waals surface area contributed by atoms with Crippen molar-refractivity contribution in [1.29, 1.82) is 0 Å². The molecule has 0 fully saturated rings. The maximum Gasteiger partial charge on any atom is 0.305 e. The summed E-state index contributed by atoms with van der Waals surface area (Å²) in [4.78, 5) is 194. The van der Waals surface area contributed by atoms with Gasteiger partial charge in [-0.2, -0.15) is 37.9 Å². The Labute approximate surface area is 589 Å². The molecule has 2 aromatic heterocycles. The number of aromatic amines is 2. The Kier molecular flexibility index (Phi) is 37.7. The summed E-state index contributed by atoms with van der Waals surface area (Å²) in [5.41, 5.74) is 39.9. The van der Waals surface area contributed by atoms with Gasteiger partial charge < -0.3 is 129 Å². The number of unbranched alkanes of at least 4 members (excludes halogenated alkanes) is 1. The van der Waals surface area contributed by atoms with Gasteiger partial charge in [0.15, 0.2) is 11.9 Å². The summed E-state index contributed by atoms with van der Waals surface area (Å²) in [6.07, 6.45) is 2.11. The molecule has 0 bridgehead atoms. The molecule has 3 rings (SSSR count). The van der Waals surface area contributed by atoms with Gasteiger partial charge in [-0.1, -0.05) is 18.2 Å². The number of imidazole rings is 1. The number of carbonyl (C=O) groups excluding carboxylic acids is 12. The lowest BCUT2D eigenvalue weighted by Crippen LogP contribution is -2.62. The highest BCUT2D eigenvalue weighted by molar-refractivity contribution is 7.80. The second-order valence-electron chi connectivity index (χ2n) is 22.4. The van der Waals surface area contributed by atoms with Gasteiger partial charge in [0.25, 0.3) is 0 Å². The fourth-order valence-electron chi connectivity index (χ4n) is 9.31. The van der Waals surface area contributed by atoms with Gasteiger partial charge in [0.2, 0.25) is 70.9 Å². The molecule has 12 amide bonds. The SMILES string of the molecule is NCCCC[C@H](NC(=O)[C@H](CO)NC(=O)[C@H](CO)NC(=O)[C@@H](N)CS)C(=O)N[C@@H](Cc1c[nH]c2ccccc12)C(=O)N[C@@H](CS)C(=O)N[C@@H](CCCN=C(N)N)C(=O)N[C@@H](CC(=O)O)C(=O)N[C@@H](Cc1cnc[nH]1)C(=O)N[C@@H](CO)C(=O)N[C@@H](CCCN=C(N)N)C(=O)N[C@@H](CS)C(N)=O. The lowest BCUT2D eigenvalue weighted by Gasteiger charge is -2.28. The lowest BCUT2D eigenvalue weighted by molar-refractivity contribution is -0.141. The van der Waals surface area contributed by atoms with E-state index in [2.05, 4.69) is 121 Å². The number of hydrogen-bond donors (Lipinski definition) is 27. The van der Waals surface area contributed by atoms with Crippen LogP contribution in [0.15, 0.2) is 53.0 Å². The van der Waals surface area contributed by atoms with Crippen molar-refractivity contribution in [3.05, 3.63) is 54.2 Å². The number of aliphatic carboxylic acids is 1.